The number of carbonyl (C=O) groups is 3. The summed E-state index contributed by atoms with van der Waals surface area (Å²) in [6.45, 7) is 12.5. The minimum Gasteiger partial charge on any atom is -0.478 e. The van der Waals surface area contributed by atoms with E-state index in [4.69, 9.17) is 20.9 Å². The van der Waals surface area contributed by atoms with E-state index < -0.39 is 54.2 Å². The van der Waals surface area contributed by atoms with Gasteiger partial charge < -0.3 is 68.8 Å². The SMILES string of the molecule is Cc1cc(C)c(NC(=O)NCCNc2nc(N)nc(Nc3cccc(C(=O)O)c3)n2)c(C)c1N=c1cc2oc3cc(Nc4c(C)cc(C)c(NC(=O)NC(C)Nc5nc(N)nc(Nc6ccccc6)n5)c4C)ccc3c(-c3ccccc3S(=O)(=O)O)c-2cc1S(=O)(=O)O. The zero-order valence-electron chi connectivity index (χ0n) is 50.7. The molecule has 3 heterocycles. The van der Waals surface area contributed by atoms with Crippen molar-refractivity contribution >= 4 is 125 Å². The van der Waals surface area contributed by atoms with Crippen molar-refractivity contribution in [1.29, 1.82) is 0 Å². The molecule has 1 atom stereocenters. The fourth-order valence-electron chi connectivity index (χ4n) is 10.5. The molecule has 8 aromatic rings. The average Bonchev–Trinajstić information content (AvgIpc) is 0.736. The number of aromatic nitrogens is 6. The van der Waals surface area contributed by atoms with Crippen molar-refractivity contribution in [3.05, 3.63) is 166 Å². The number of hydrogen-bond acceptors (Lipinski definition) is 22. The molecular weight excluding hydrogens is 1240 g/mol. The molecule has 1 unspecified atom stereocenters. The number of nitrogens with zero attached hydrogens (tertiary/aromatic N) is 7. The highest BCUT2D eigenvalue weighted by Gasteiger charge is 2.28. The van der Waals surface area contributed by atoms with E-state index in [9.17, 15) is 45.4 Å². The van der Waals surface area contributed by atoms with Gasteiger partial charge in [-0.25, -0.2) is 19.4 Å². The lowest BCUT2D eigenvalue weighted by Gasteiger charge is -2.22. The fourth-order valence-corrected chi connectivity index (χ4v) is 11.8. The van der Waals surface area contributed by atoms with Gasteiger partial charge in [0.15, 0.2) is 0 Å². The molecule has 0 bridgehead atoms. The number of aromatic carboxylic acids is 1. The van der Waals surface area contributed by atoms with Crippen LogP contribution < -0.4 is 64.7 Å². The maximum atomic E-state index is 13.6. The van der Waals surface area contributed by atoms with Gasteiger partial charge in [0.2, 0.25) is 35.7 Å². The highest BCUT2D eigenvalue weighted by atomic mass is 32.2. The largest absolute Gasteiger partial charge is 0.478 e. The predicted molar refractivity (Wildman–Crippen MR) is 353 cm³/mol. The van der Waals surface area contributed by atoms with Crippen LogP contribution in [0.4, 0.5) is 85.1 Å². The summed E-state index contributed by atoms with van der Waals surface area (Å²) in [5, 5.41) is 36.1. The van der Waals surface area contributed by atoms with Crippen molar-refractivity contribution in [3.63, 3.8) is 0 Å². The molecule has 0 spiro atoms. The Morgan fingerprint density at radius 2 is 1.16 bits per heavy atom. The second-order valence-corrected chi connectivity index (χ2v) is 24.2. The van der Waals surface area contributed by atoms with Gasteiger partial charge >= 0.3 is 18.0 Å². The first kappa shape index (κ1) is 64.4. The van der Waals surface area contributed by atoms with E-state index >= 15 is 0 Å². The van der Waals surface area contributed by atoms with Crippen LogP contribution in [0.15, 0.2) is 141 Å². The Labute approximate surface area is 531 Å². The highest BCUT2D eigenvalue weighted by Crippen LogP contribution is 2.45. The van der Waals surface area contributed by atoms with Gasteiger partial charge in [0, 0.05) is 70.0 Å². The van der Waals surface area contributed by atoms with E-state index in [-0.39, 0.29) is 98.8 Å². The molecule has 29 nitrogen and oxygen atoms in total. The summed E-state index contributed by atoms with van der Waals surface area (Å²) in [6, 6.07) is 30.6. The van der Waals surface area contributed by atoms with Crippen LogP contribution in [0.5, 0.6) is 0 Å². The van der Waals surface area contributed by atoms with Crippen LogP contribution in [0.1, 0.15) is 50.7 Å². The molecule has 10 rings (SSSR count). The second kappa shape index (κ2) is 26.5. The van der Waals surface area contributed by atoms with Gasteiger partial charge in [-0.2, -0.15) is 46.7 Å². The summed E-state index contributed by atoms with van der Waals surface area (Å²) in [4.78, 5) is 67.3. The van der Waals surface area contributed by atoms with Crippen LogP contribution in [-0.4, -0.2) is 98.2 Å². The van der Waals surface area contributed by atoms with Crippen molar-refractivity contribution in [2.75, 3.05) is 61.8 Å². The number of fused-ring (bicyclic) bond motifs is 2. The van der Waals surface area contributed by atoms with Crippen molar-refractivity contribution in [3.8, 4) is 22.5 Å². The Bertz CT molecular complexity index is 4900. The molecule has 0 saturated heterocycles. The number of carbonyl (C=O) groups excluding carboxylic acids is 2. The zero-order chi connectivity index (χ0) is 66.6. The number of nitrogens with one attached hydrogen (secondary N) is 9. The first-order valence-electron chi connectivity index (χ1n) is 28.4. The van der Waals surface area contributed by atoms with Crippen LogP contribution in [0, 0.1) is 41.5 Å². The number of amides is 4. The summed E-state index contributed by atoms with van der Waals surface area (Å²) < 4.78 is 81.4. The van der Waals surface area contributed by atoms with Crippen molar-refractivity contribution < 1.29 is 49.8 Å². The van der Waals surface area contributed by atoms with Gasteiger partial charge in [-0.05, 0) is 136 Å². The molecule has 0 saturated carbocycles. The Morgan fingerprint density at radius 3 is 1.86 bits per heavy atom. The number of nitrogens with two attached hydrogens (primary N) is 2. The van der Waals surface area contributed by atoms with Gasteiger partial charge in [-0.3, -0.25) is 9.11 Å². The lowest BCUT2D eigenvalue weighted by Crippen LogP contribution is -2.41. The van der Waals surface area contributed by atoms with E-state index in [1.807, 2.05) is 57.2 Å². The summed E-state index contributed by atoms with van der Waals surface area (Å²) in [5.41, 5.74) is 19.2. The molecule has 16 N–H and O–H groups in total. The van der Waals surface area contributed by atoms with Crippen molar-refractivity contribution in [2.45, 2.75) is 64.4 Å². The average molecular weight is 1300 g/mol. The number of aryl methyl sites for hydroxylation is 4. The third-order valence-electron chi connectivity index (χ3n) is 14.5. The Kier molecular flexibility index (Phi) is 18.4. The van der Waals surface area contributed by atoms with Gasteiger partial charge in [-0.15, -0.1) is 0 Å². The van der Waals surface area contributed by atoms with Gasteiger partial charge in [0.25, 0.3) is 20.2 Å². The number of nitrogen functional groups attached to an aromatic ring is 2. The quantitative estimate of drug-likeness (QED) is 0.0146. The third kappa shape index (κ3) is 15.0. The Morgan fingerprint density at radius 1 is 0.570 bits per heavy atom. The highest BCUT2D eigenvalue weighted by molar-refractivity contribution is 7.86. The number of benzene rings is 7. The van der Waals surface area contributed by atoms with E-state index in [1.54, 1.807) is 64.1 Å². The number of carboxylic acids is 1. The van der Waals surface area contributed by atoms with E-state index in [2.05, 4.69) is 77.8 Å². The molecule has 478 valence electrons. The smallest absolute Gasteiger partial charge is 0.335 e. The lowest BCUT2D eigenvalue weighted by atomic mass is 9.93. The molecular formula is C62H62N18O11S2. The zero-order valence-corrected chi connectivity index (χ0v) is 52.4. The second-order valence-electron chi connectivity index (χ2n) is 21.4. The molecule has 0 fully saturated rings. The molecule has 93 heavy (non-hydrogen) atoms. The van der Waals surface area contributed by atoms with Gasteiger partial charge in [-0.1, -0.05) is 54.6 Å². The molecule has 0 radical (unpaired) electrons. The fraction of sp³-hybridized carbons (Fsp3) is 0.161. The molecule has 4 amide bonds. The topological polar surface area (TPSA) is 443 Å². The number of anilines is 12. The summed E-state index contributed by atoms with van der Waals surface area (Å²) in [7, 11) is -10.1. The summed E-state index contributed by atoms with van der Waals surface area (Å²) in [5.74, 6) is -0.929. The first-order chi connectivity index (χ1) is 44.1. The van der Waals surface area contributed by atoms with Crippen molar-refractivity contribution in [1.82, 2.24) is 40.5 Å². The molecule has 2 aliphatic rings. The maximum absolute atomic E-state index is 13.6. The summed E-state index contributed by atoms with van der Waals surface area (Å²) >= 11 is 0. The Balaban J connectivity index is 0.937. The molecule has 6 aromatic carbocycles. The monoisotopic (exact) mass is 1300 g/mol. The Hall–Kier alpha value is -11.5. The predicted octanol–water partition coefficient (Wildman–Crippen LogP) is 10.1. The first-order valence-corrected chi connectivity index (χ1v) is 31.2. The van der Waals surface area contributed by atoms with Crippen LogP contribution in [0.2, 0.25) is 0 Å². The lowest BCUT2D eigenvalue weighted by molar-refractivity contribution is 0.0696. The molecule has 1 aliphatic carbocycles. The van der Waals surface area contributed by atoms with E-state index in [0.717, 1.165) is 22.9 Å². The molecule has 1 aliphatic heterocycles. The standard InChI is InChI=1S/C62H62N18O11S2/c1-30-24-33(4)53(74-62(84)68-36(7)67-58-76-56(64)78-59(80-58)70-38-15-9-8-10-16-38)34(5)50(30)69-40-20-21-41-45(27-40)91-46-29-44(48(93(88,89)90)28-43(46)49(41)42-18-11-12-19-47(42)92(85,86)87)72-51-31(2)25-32(3)52(35(51)6)73-61(83)66-23-22-65-57-75-55(63)77-60(79-57)71-39-17-13-14-37(26-39)54(81)82/h8-21,24-29,36,69H,22-23H2,1-7H3,(H,81,82)(H2,66,73,83)(H2,68,74,84)(H,85,86,87)(H,88,89,90)(H4,63,65,71,75,77,79)(H4,64,67,70,76,78,80). The number of carboxylic acid groups (broad SMARTS) is 1. The maximum Gasteiger partial charge on any atom is 0.335 e. The number of rotatable bonds is 20. The van der Waals surface area contributed by atoms with Crippen LogP contribution >= 0.6 is 0 Å². The van der Waals surface area contributed by atoms with E-state index in [1.165, 1.54) is 42.5 Å². The van der Waals surface area contributed by atoms with Gasteiger partial charge in [0.1, 0.15) is 27.3 Å². The normalized spacial score (nSPS) is 12.0. The summed E-state index contributed by atoms with van der Waals surface area (Å²) in [6.07, 6.45) is -0.705. The molecule has 2 aromatic heterocycles. The minimum absolute atomic E-state index is 0.0158. The van der Waals surface area contributed by atoms with Crippen LogP contribution in [-0.2, 0) is 20.2 Å². The number of urea groups is 2. The van der Waals surface area contributed by atoms with Gasteiger partial charge in [0.05, 0.1) is 28.0 Å². The third-order valence-corrected chi connectivity index (χ3v) is 16.3. The minimum atomic E-state index is -5.14. The van der Waals surface area contributed by atoms with E-state index in [0.29, 0.717) is 50.7 Å². The number of para-hydroxylation sites is 1. The van der Waals surface area contributed by atoms with Crippen molar-refractivity contribution in [2.24, 2.45) is 4.99 Å². The van der Waals surface area contributed by atoms with Crippen LogP contribution in [0.3, 0.4) is 0 Å². The number of hydrogen-bond donors (Lipinski definition) is 14. The van der Waals surface area contributed by atoms with Crippen LogP contribution in [0.25, 0.3) is 33.4 Å². The molecule has 31 heteroatoms.